The van der Waals surface area contributed by atoms with Gasteiger partial charge in [-0.3, -0.25) is 9.59 Å². The van der Waals surface area contributed by atoms with Crippen LogP contribution in [0.5, 0.6) is 11.5 Å². The summed E-state index contributed by atoms with van der Waals surface area (Å²) in [5.74, 6) is -0.778. The second-order valence-corrected chi connectivity index (χ2v) is 3.70. The molecule has 0 atom stereocenters. The number of hydrogen-bond acceptors (Lipinski definition) is 5. The molecule has 0 spiro atoms. The highest BCUT2D eigenvalue weighted by atomic mass is 16.5. The monoisotopic (exact) mass is 275 g/mol. The number of methoxy groups -OCH3 is 1. The van der Waals surface area contributed by atoms with Gasteiger partial charge in [0.25, 0.3) is 11.8 Å². The molecule has 1 aromatic rings. The molecule has 0 aliphatic rings. The molecule has 1 aromatic carbocycles. The number of nitrogens with zero attached hydrogens (tertiary/aromatic N) is 1. The van der Waals surface area contributed by atoms with Crippen molar-refractivity contribution < 1.29 is 19.1 Å². The van der Waals surface area contributed by atoms with E-state index in [1.165, 1.54) is 25.3 Å². The summed E-state index contributed by atoms with van der Waals surface area (Å²) >= 11 is 0. The second-order valence-electron chi connectivity index (χ2n) is 3.70. The molecule has 0 saturated heterocycles. The standard InChI is InChI=1S/C13H13N3O4/c1-19-11-5-8(4-9(6-14)13(16)18)2-3-10(11)20-7-12(15)17/h2-5H,7H2,1H3,(H2,15,17)(H2,16,18)/b9-4-. The number of carbonyl (C=O) groups is 2. The Labute approximate surface area is 115 Å². The van der Waals surface area contributed by atoms with E-state index in [1.54, 1.807) is 12.1 Å². The Balaban J connectivity index is 3.07. The van der Waals surface area contributed by atoms with Crippen LogP contribution in [-0.4, -0.2) is 25.5 Å². The molecule has 0 fully saturated rings. The number of amides is 2. The van der Waals surface area contributed by atoms with Crippen LogP contribution < -0.4 is 20.9 Å². The van der Waals surface area contributed by atoms with Crippen molar-refractivity contribution in [2.75, 3.05) is 13.7 Å². The van der Waals surface area contributed by atoms with Crippen LogP contribution in [0.4, 0.5) is 0 Å². The number of nitriles is 1. The second kappa shape index (κ2) is 6.80. The van der Waals surface area contributed by atoms with Gasteiger partial charge in [0.15, 0.2) is 18.1 Å². The summed E-state index contributed by atoms with van der Waals surface area (Å²) in [6, 6.07) is 6.35. The Hall–Kier alpha value is -3.01. The lowest BCUT2D eigenvalue weighted by atomic mass is 10.1. The van der Waals surface area contributed by atoms with E-state index in [-0.39, 0.29) is 12.2 Å². The molecule has 0 aliphatic carbocycles. The molecule has 0 radical (unpaired) electrons. The van der Waals surface area contributed by atoms with Gasteiger partial charge in [-0.05, 0) is 23.8 Å². The minimum atomic E-state index is -0.819. The summed E-state index contributed by atoms with van der Waals surface area (Å²) in [5.41, 5.74) is 10.4. The van der Waals surface area contributed by atoms with Gasteiger partial charge >= 0.3 is 0 Å². The summed E-state index contributed by atoms with van der Waals surface area (Å²) in [4.78, 5) is 21.6. The number of hydrogen-bond donors (Lipinski definition) is 2. The zero-order chi connectivity index (χ0) is 15.1. The van der Waals surface area contributed by atoms with Crippen LogP contribution in [0.2, 0.25) is 0 Å². The van der Waals surface area contributed by atoms with Gasteiger partial charge < -0.3 is 20.9 Å². The first-order valence-electron chi connectivity index (χ1n) is 5.48. The zero-order valence-corrected chi connectivity index (χ0v) is 10.8. The first-order valence-corrected chi connectivity index (χ1v) is 5.48. The topological polar surface area (TPSA) is 128 Å². The molecule has 20 heavy (non-hydrogen) atoms. The van der Waals surface area contributed by atoms with Crippen LogP contribution in [-0.2, 0) is 9.59 Å². The Bertz CT molecular complexity index is 602. The molecule has 0 saturated carbocycles. The number of carbonyl (C=O) groups excluding carboxylic acids is 2. The van der Waals surface area contributed by atoms with Crippen LogP contribution >= 0.6 is 0 Å². The molecule has 7 nitrogen and oxygen atoms in total. The van der Waals surface area contributed by atoms with Crippen molar-refractivity contribution in [3.63, 3.8) is 0 Å². The van der Waals surface area contributed by atoms with E-state index in [0.717, 1.165) is 0 Å². The van der Waals surface area contributed by atoms with Gasteiger partial charge in [0.1, 0.15) is 11.6 Å². The van der Waals surface area contributed by atoms with Crippen molar-refractivity contribution in [1.82, 2.24) is 0 Å². The lowest BCUT2D eigenvalue weighted by Crippen LogP contribution is -2.20. The van der Waals surface area contributed by atoms with E-state index in [0.29, 0.717) is 17.1 Å². The molecule has 104 valence electrons. The van der Waals surface area contributed by atoms with Crippen LogP contribution in [0.25, 0.3) is 6.08 Å². The minimum absolute atomic E-state index is 0.183. The minimum Gasteiger partial charge on any atom is -0.493 e. The van der Waals surface area contributed by atoms with Gasteiger partial charge in [-0.2, -0.15) is 5.26 Å². The fraction of sp³-hybridized carbons (Fsp3) is 0.154. The van der Waals surface area contributed by atoms with Gasteiger partial charge in [-0.25, -0.2) is 0 Å². The third-order valence-electron chi connectivity index (χ3n) is 2.25. The predicted molar refractivity (Wildman–Crippen MR) is 70.5 cm³/mol. The van der Waals surface area contributed by atoms with E-state index in [4.69, 9.17) is 26.2 Å². The van der Waals surface area contributed by atoms with Crippen molar-refractivity contribution in [2.24, 2.45) is 11.5 Å². The third-order valence-corrected chi connectivity index (χ3v) is 2.25. The van der Waals surface area contributed by atoms with Crippen LogP contribution in [0.3, 0.4) is 0 Å². The number of rotatable bonds is 6. The lowest BCUT2D eigenvalue weighted by molar-refractivity contribution is -0.120. The van der Waals surface area contributed by atoms with E-state index in [9.17, 15) is 9.59 Å². The Morgan fingerprint density at radius 1 is 1.35 bits per heavy atom. The Morgan fingerprint density at radius 2 is 2.05 bits per heavy atom. The van der Waals surface area contributed by atoms with Crippen molar-refractivity contribution in [1.29, 1.82) is 5.26 Å². The molecular formula is C13H13N3O4. The summed E-state index contributed by atoms with van der Waals surface area (Å²) < 4.78 is 10.2. The summed E-state index contributed by atoms with van der Waals surface area (Å²) in [6.07, 6.45) is 1.32. The van der Waals surface area contributed by atoms with Gasteiger partial charge in [0.05, 0.1) is 7.11 Å². The average Bonchev–Trinajstić information content (AvgIpc) is 2.42. The van der Waals surface area contributed by atoms with E-state index in [1.807, 2.05) is 0 Å². The first kappa shape index (κ1) is 15.0. The summed E-state index contributed by atoms with van der Waals surface area (Å²) in [5, 5.41) is 8.76. The fourth-order valence-corrected chi connectivity index (χ4v) is 1.37. The molecule has 0 unspecified atom stereocenters. The quantitative estimate of drug-likeness (QED) is 0.555. The van der Waals surface area contributed by atoms with E-state index < -0.39 is 11.8 Å². The molecule has 7 heteroatoms. The van der Waals surface area contributed by atoms with Crippen molar-refractivity contribution in [2.45, 2.75) is 0 Å². The molecule has 2 amide bonds. The molecular weight excluding hydrogens is 262 g/mol. The molecule has 0 aliphatic heterocycles. The van der Waals surface area contributed by atoms with Gasteiger partial charge in [-0.1, -0.05) is 6.07 Å². The van der Waals surface area contributed by atoms with Gasteiger partial charge in [0.2, 0.25) is 0 Å². The molecule has 0 aromatic heterocycles. The maximum absolute atomic E-state index is 11.0. The smallest absolute Gasteiger partial charge is 0.259 e. The highest BCUT2D eigenvalue weighted by Crippen LogP contribution is 2.28. The van der Waals surface area contributed by atoms with Crippen molar-refractivity contribution >= 4 is 17.9 Å². The van der Waals surface area contributed by atoms with Crippen LogP contribution in [0, 0.1) is 11.3 Å². The number of primary amides is 2. The number of ether oxygens (including phenoxy) is 2. The molecule has 4 N–H and O–H groups in total. The van der Waals surface area contributed by atoms with Crippen LogP contribution in [0.15, 0.2) is 23.8 Å². The Morgan fingerprint density at radius 3 is 2.55 bits per heavy atom. The molecule has 0 bridgehead atoms. The summed E-state index contributed by atoms with van der Waals surface area (Å²) in [6.45, 7) is -0.281. The van der Waals surface area contributed by atoms with Gasteiger partial charge in [-0.15, -0.1) is 0 Å². The maximum Gasteiger partial charge on any atom is 0.259 e. The Kier molecular flexibility index (Phi) is 5.12. The highest BCUT2D eigenvalue weighted by molar-refractivity contribution is 6.00. The summed E-state index contributed by atoms with van der Waals surface area (Å²) in [7, 11) is 1.42. The number of nitrogens with two attached hydrogens (primary N) is 2. The number of benzene rings is 1. The highest BCUT2D eigenvalue weighted by Gasteiger charge is 2.08. The van der Waals surface area contributed by atoms with Crippen molar-refractivity contribution in [3.8, 4) is 17.6 Å². The SMILES string of the molecule is COc1cc(/C=C(/C#N)C(N)=O)ccc1OCC(N)=O. The van der Waals surface area contributed by atoms with Crippen LogP contribution in [0.1, 0.15) is 5.56 Å². The average molecular weight is 275 g/mol. The maximum atomic E-state index is 11.0. The van der Waals surface area contributed by atoms with E-state index in [2.05, 4.69) is 0 Å². The molecule has 0 heterocycles. The third kappa shape index (κ3) is 4.03. The largest absolute Gasteiger partial charge is 0.493 e. The fourth-order valence-electron chi connectivity index (χ4n) is 1.37. The van der Waals surface area contributed by atoms with E-state index >= 15 is 0 Å². The predicted octanol–water partition coefficient (Wildman–Crippen LogP) is -0.0484. The lowest BCUT2D eigenvalue weighted by Gasteiger charge is -2.10. The molecule has 1 rings (SSSR count). The normalized spacial score (nSPS) is 10.5. The first-order chi connectivity index (χ1) is 9.47. The zero-order valence-electron chi connectivity index (χ0n) is 10.8. The van der Waals surface area contributed by atoms with Crippen molar-refractivity contribution in [3.05, 3.63) is 29.3 Å². The van der Waals surface area contributed by atoms with Gasteiger partial charge in [0, 0.05) is 0 Å².